The van der Waals surface area contributed by atoms with Crippen molar-refractivity contribution in [2.75, 3.05) is 38.7 Å². The Hall–Kier alpha value is -3.65. The minimum atomic E-state index is 0.0920. The van der Waals surface area contributed by atoms with Gasteiger partial charge < -0.3 is 25.0 Å². The van der Waals surface area contributed by atoms with Crippen LogP contribution in [0.1, 0.15) is 24.0 Å². The third kappa shape index (κ3) is 4.92. The van der Waals surface area contributed by atoms with E-state index in [1.54, 1.807) is 7.11 Å². The van der Waals surface area contributed by atoms with Gasteiger partial charge in [-0.25, -0.2) is 9.98 Å². The van der Waals surface area contributed by atoms with E-state index in [9.17, 15) is 5.11 Å². The highest BCUT2D eigenvalue weighted by molar-refractivity contribution is 6.30. The normalized spacial score (nSPS) is 17.2. The molecule has 1 saturated heterocycles. The van der Waals surface area contributed by atoms with Gasteiger partial charge in [0.25, 0.3) is 0 Å². The molecule has 0 radical (unpaired) electrons. The van der Waals surface area contributed by atoms with E-state index < -0.39 is 0 Å². The van der Waals surface area contributed by atoms with Crippen LogP contribution in [0.5, 0.6) is 5.88 Å². The lowest BCUT2D eigenvalue weighted by Gasteiger charge is -2.32. The molecule has 3 aromatic carbocycles. The minimum Gasteiger partial charge on any atom is -0.494 e. The van der Waals surface area contributed by atoms with E-state index >= 15 is 0 Å². The minimum absolute atomic E-state index is 0.0920. The van der Waals surface area contributed by atoms with Crippen molar-refractivity contribution in [2.24, 2.45) is 9.98 Å². The van der Waals surface area contributed by atoms with Crippen LogP contribution in [0.25, 0.3) is 16.5 Å². The monoisotopic (exact) mass is 527 g/mol. The number of ether oxygens (including phenoxy) is 1. The number of H-pyrrole nitrogens is 1. The molecule has 2 aliphatic heterocycles. The molecule has 0 bridgehead atoms. The molecule has 4 aromatic rings. The van der Waals surface area contributed by atoms with Crippen LogP contribution >= 0.6 is 11.6 Å². The lowest BCUT2D eigenvalue weighted by Crippen LogP contribution is -2.40. The van der Waals surface area contributed by atoms with Crippen molar-refractivity contribution < 1.29 is 9.84 Å². The zero-order chi connectivity index (χ0) is 26.1. The highest BCUT2D eigenvalue weighted by atomic mass is 35.5. The number of nitrogens with zero attached hydrogens (tertiary/aromatic N) is 3. The molecule has 1 fully saturated rings. The molecular weight excluding hydrogens is 498 g/mol. The molecule has 0 saturated carbocycles. The molecule has 0 atom stereocenters. The first-order chi connectivity index (χ1) is 18.6. The number of aromatic amines is 1. The molecule has 38 heavy (non-hydrogen) atoms. The zero-order valence-corrected chi connectivity index (χ0v) is 22.0. The Morgan fingerprint density at radius 2 is 1.84 bits per heavy atom. The fourth-order valence-electron chi connectivity index (χ4n) is 5.31. The van der Waals surface area contributed by atoms with Gasteiger partial charge in [0.1, 0.15) is 0 Å². The second kappa shape index (κ2) is 10.6. The predicted molar refractivity (Wildman–Crippen MR) is 151 cm³/mol. The Bertz CT molecular complexity index is 1620. The molecule has 6 rings (SSSR count). The largest absolute Gasteiger partial charge is 0.494 e. The van der Waals surface area contributed by atoms with E-state index in [4.69, 9.17) is 26.3 Å². The number of rotatable bonds is 7. The van der Waals surface area contributed by atoms with Crippen LogP contribution in [0, 0.1) is 0 Å². The molecule has 0 spiro atoms. The van der Waals surface area contributed by atoms with Crippen LogP contribution < -0.4 is 16.0 Å². The van der Waals surface area contributed by atoms with Crippen molar-refractivity contribution >= 4 is 33.8 Å². The maximum Gasteiger partial charge on any atom is 0.197 e. The highest BCUT2D eigenvalue weighted by Gasteiger charge is 2.23. The summed E-state index contributed by atoms with van der Waals surface area (Å²) in [5, 5.41) is 17.9. The number of methoxy groups -OCH3 is 1. The first-order valence-corrected chi connectivity index (χ1v) is 13.3. The number of hydrogen-bond donors (Lipinski definition) is 3. The lowest BCUT2D eigenvalue weighted by molar-refractivity contribution is 0.132. The van der Waals surface area contributed by atoms with Gasteiger partial charge in [-0.3, -0.25) is 0 Å². The molecule has 0 amide bonds. The summed E-state index contributed by atoms with van der Waals surface area (Å²) in [5.74, 6) is 0.640. The molecule has 7 nitrogen and oxygen atoms in total. The molecule has 194 valence electrons. The van der Waals surface area contributed by atoms with Crippen LogP contribution in [0.2, 0.25) is 5.02 Å². The van der Waals surface area contributed by atoms with Gasteiger partial charge in [-0.1, -0.05) is 41.9 Å². The molecule has 0 aliphatic carbocycles. The SMILES string of the molecule is COCCN1CCC(Nc2ccc3[nH]c(O)c(/C(=C4\N=c5ccc(Cl)cc5=N4)c4ccccc4)c3c2)CC1. The van der Waals surface area contributed by atoms with Crippen molar-refractivity contribution in [2.45, 2.75) is 18.9 Å². The smallest absolute Gasteiger partial charge is 0.197 e. The molecule has 3 N–H and O–H groups in total. The summed E-state index contributed by atoms with van der Waals surface area (Å²) in [6, 6.07) is 22.0. The molecule has 1 aromatic heterocycles. The van der Waals surface area contributed by atoms with E-state index in [0.717, 1.165) is 77.5 Å². The van der Waals surface area contributed by atoms with Gasteiger partial charge in [0.2, 0.25) is 0 Å². The fourth-order valence-corrected chi connectivity index (χ4v) is 5.48. The number of halogens is 1. The zero-order valence-electron chi connectivity index (χ0n) is 21.2. The lowest BCUT2D eigenvalue weighted by atomic mass is 9.96. The van der Waals surface area contributed by atoms with E-state index in [1.807, 2.05) is 54.6 Å². The predicted octanol–water partition coefficient (Wildman–Crippen LogP) is 4.72. The fraction of sp³-hybridized carbons (Fsp3) is 0.267. The number of nitrogens with one attached hydrogen (secondary N) is 2. The Morgan fingerprint density at radius 3 is 2.63 bits per heavy atom. The number of anilines is 1. The maximum absolute atomic E-state index is 11.2. The molecule has 8 heteroatoms. The third-order valence-electron chi connectivity index (χ3n) is 7.28. The van der Waals surface area contributed by atoms with Gasteiger partial charge >= 0.3 is 0 Å². The summed E-state index contributed by atoms with van der Waals surface area (Å²) in [6.45, 7) is 3.85. The summed E-state index contributed by atoms with van der Waals surface area (Å²) in [6.07, 6.45) is 2.15. The number of fused-ring (bicyclic) bond motifs is 2. The maximum atomic E-state index is 11.2. The van der Waals surface area contributed by atoms with Crippen molar-refractivity contribution in [1.29, 1.82) is 0 Å². The van der Waals surface area contributed by atoms with Crippen LogP contribution in [0.3, 0.4) is 0 Å². The number of piperidine rings is 1. The molecule has 0 unspecified atom stereocenters. The topological polar surface area (TPSA) is 85.2 Å². The number of aromatic hydroxyl groups is 1. The van der Waals surface area contributed by atoms with Gasteiger partial charge in [0.15, 0.2) is 11.7 Å². The Morgan fingerprint density at radius 1 is 1.05 bits per heavy atom. The quantitative estimate of drug-likeness (QED) is 0.325. The molecule has 2 aliphatic rings. The third-order valence-corrected chi connectivity index (χ3v) is 7.51. The number of hydrogen-bond acceptors (Lipinski definition) is 6. The van der Waals surface area contributed by atoms with E-state index in [2.05, 4.69) is 27.3 Å². The van der Waals surface area contributed by atoms with Gasteiger partial charge in [-0.15, -0.1) is 0 Å². The van der Waals surface area contributed by atoms with Crippen molar-refractivity contribution in [3.63, 3.8) is 0 Å². The molecule has 3 heterocycles. The van der Waals surface area contributed by atoms with Crippen LogP contribution in [-0.2, 0) is 4.74 Å². The van der Waals surface area contributed by atoms with Gasteiger partial charge in [0.05, 0.1) is 22.9 Å². The average molecular weight is 528 g/mol. The second-order valence-corrected chi connectivity index (χ2v) is 10.2. The van der Waals surface area contributed by atoms with Crippen molar-refractivity contribution in [1.82, 2.24) is 9.88 Å². The average Bonchev–Trinajstić information content (AvgIpc) is 3.49. The van der Waals surface area contributed by atoms with Crippen LogP contribution in [-0.4, -0.2) is 54.4 Å². The number of likely N-dealkylation sites (tertiary alicyclic amines) is 1. The van der Waals surface area contributed by atoms with E-state index in [-0.39, 0.29) is 5.88 Å². The first-order valence-electron chi connectivity index (χ1n) is 12.9. The first kappa shape index (κ1) is 24.7. The summed E-state index contributed by atoms with van der Waals surface area (Å²) in [4.78, 5) is 15.2. The Labute approximate surface area is 226 Å². The highest BCUT2D eigenvalue weighted by Crippen LogP contribution is 2.40. The summed E-state index contributed by atoms with van der Waals surface area (Å²) in [7, 11) is 1.75. The summed E-state index contributed by atoms with van der Waals surface area (Å²) < 4.78 is 5.23. The number of aromatic nitrogens is 1. The van der Waals surface area contributed by atoms with Crippen LogP contribution in [0.4, 0.5) is 5.69 Å². The Kier molecular flexibility index (Phi) is 6.89. The van der Waals surface area contributed by atoms with Crippen molar-refractivity contribution in [3.05, 3.63) is 99.4 Å². The Balaban J connectivity index is 1.39. The summed E-state index contributed by atoms with van der Waals surface area (Å²) >= 11 is 6.22. The van der Waals surface area contributed by atoms with E-state index in [0.29, 0.717) is 22.4 Å². The van der Waals surface area contributed by atoms with E-state index in [1.165, 1.54) is 0 Å². The second-order valence-electron chi connectivity index (χ2n) is 9.78. The molecular formula is C30H30ClN5O2. The van der Waals surface area contributed by atoms with Gasteiger partial charge in [-0.05, 0) is 54.8 Å². The summed E-state index contributed by atoms with van der Waals surface area (Å²) in [5.41, 5.74) is 4.26. The van der Waals surface area contributed by atoms with Crippen LogP contribution in [0.15, 0.2) is 82.5 Å². The van der Waals surface area contributed by atoms with Gasteiger partial charge in [0, 0.05) is 60.0 Å². The van der Waals surface area contributed by atoms with Crippen molar-refractivity contribution in [3.8, 4) is 5.88 Å². The number of benzene rings is 3. The standard InChI is InChI=1S/C30H30ClN5O2/c1-38-16-15-36-13-11-21(12-14-36)32-22-8-10-24-23(18-22)28(30(37)35-24)27(19-5-3-2-4-6-19)29-33-25-9-7-20(31)17-26(25)34-29/h2-10,17-18,21,32,35,37H,11-16H2,1H3/b29-27+. The van der Waals surface area contributed by atoms with Gasteiger partial charge in [-0.2, -0.15) is 0 Å².